The van der Waals surface area contributed by atoms with Crippen molar-refractivity contribution >= 4 is 44.9 Å². The van der Waals surface area contributed by atoms with E-state index < -0.39 is 0 Å². The Morgan fingerprint density at radius 2 is 1.68 bits per heavy atom. The molecule has 2 N–H and O–H groups in total. The molecule has 2 aromatic rings. The molecule has 0 aliphatic heterocycles. The lowest BCUT2D eigenvalue weighted by Gasteiger charge is -2.12. The number of hydrogen-bond acceptors (Lipinski definition) is 0. The molecule has 0 aromatic heterocycles. The van der Waals surface area contributed by atoms with Crippen LogP contribution in [0.15, 0.2) is 48.5 Å². The minimum absolute atomic E-state index is 0.703. The highest BCUT2D eigenvalue weighted by atomic mass is 35.5. The highest BCUT2D eigenvalue weighted by Gasteiger charge is 1.99. The highest BCUT2D eigenvalue weighted by Crippen LogP contribution is 2.16. The second-order valence-corrected chi connectivity index (χ2v) is 5.24. The molecule has 0 bridgehead atoms. The predicted octanol–water partition coefficient (Wildman–Crippen LogP) is 4.43. The number of hydrogen-bond donors (Lipinski definition) is 2. The topological polar surface area (TPSA) is 24.1 Å². The van der Waals surface area contributed by atoms with Crippen molar-refractivity contribution < 1.29 is 0 Å². The van der Waals surface area contributed by atoms with Crippen molar-refractivity contribution in [3.63, 3.8) is 0 Å². The molecule has 0 fully saturated rings. The lowest BCUT2D eigenvalue weighted by Crippen LogP contribution is -2.19. The van der Waals surface area contributed by atoms with Gasteiger partial charge in [-0.2, -0.15) is 0 Å². The zero-order valence-corrected chi connectivity index (χ0v) is 12.2. The monoisotopic (exact) mass is 290 g/mol. The molecule has 98 valence electrons. The van der Waals surface area contributed by atoms with E-state index in [2.05, 4.69) is 35.6 Å². The second-order valence-electron chi connectivity index (χ2n) is 4.10. The number of halogens is 1. The van der Waals surface area contributed by atoms with Crippen LogP contribution in [0.1, 0.15) is 5.56 Å². The maximum atomic E-state index is 5.96. The summed E-state index contributed by atoms with van der Waals surface area (Å²) in [7, 11) is 1.37. The van der Waals surface area contributed by atoms with Crippen molar-refractivity contribution in [2.24, 2.45) is 0 Å². The first-order valence-electron chi connectivity index (χ1n) is 5.82. The lowest BCUT2D eigenvalue weighted by molar-refractivity contribution is 1.46. The minimum Gasteiger partial charge on any atom is -0.333 e. The molecular weight excluding hydrogens is 276 g/mol. The molecule has 0 unspecified atom stereocenters. The molecule has 2 aromatic carbocycles. The summed E-state index contributed by atoms with van der Waals surface area (Å²) in [5, 5.41) is 8.12. The zero-order chi connectivity index (χ0) is 13.7. The number of rotatable bonds is 2. The van der Waals surface area contributed by atoms with E-state index >= 15 is 0 Å². The molecule has 2 nitrogen and oxygen atoms in total. The van der Waals surface area contributed by atoms with Crippen LogP contribution in [0.25, 0.3) is 0 Å². The van der Waals surface area contributed by atoms with Gasteiger partial charge in [-0.05, 0) is 48.7 Å². The number of nitrogens with one attached hydrogen (secondary N) is 2. The van der Waals surface area contributed by atoms with E-state index in [4.69, 9.17) is 11.6 Å². The first-order chi connectivity index (χ1) is 9.17. The Bertz CT molecular complexity index is 584. The molecular formula is C15H15ClN2S. The van der Waals surface area contributed by atoms with Gasteiger partial charge in [-0.1, -0.05) is 29.8 Å². The summed E-state index contributed by atoms with van der Waals surface area (Å²) >= 11 is 5.96. The van der Waals surface area contributed by atoms with Crippen LogP contribution < -0.4 is 10.6 Å². The normalized spacial score (nSPS) is 9.79. The van der Waals surface area contributed by atoms with Gasteiger partial charge in [-0.25, -0.2) is 0 Å². The van der Waals surface area contributed by atoms with Crippen LogP contribution in [0.5, 0.6) is 0 Å². The van der Waals surface area contributed by atoms with E-state index in [0.29, 0.717) is 5.02 Å². The first kappa shape index (κ1) is 13.7. The van der Waals surface area contributed by atoms with Crippen molar-refractivity contribution in [2.75, 3.05) is 10.6 Å². The summed E-state index contributed by atoms with van der Waals surface area (Å²) in [5.74, 6) is 3.84. The van der Waals surface area contributed by atoms with Crippen LogP contribution in [0.2, 0.25) is 5.02 Å². The van der Waals surface area contributed by atoms with Gasteiger partial charge in [0.05, 0.1) is 0 Å². The molecule has 0 saturated carbocycles. The highest BCUT2D eigenvalue weighted by molar-refractivity contribution is 7.96. The standard InChI is InChI=1S/C15H15ClN2S/c1-11-5-3-7-13(9-11)17-15(19-2)18-14-8-4-6-12(16)10-14/h3-10,17-18H,2H2,1H3. The van der Waals surface area contributed by atoms with Gasteiger partial charge in [-0.15, -0.1) is 10.9 Å². The molecule has 0 saturated heterocycles. The van der Waals surface area contributed by atoms with Gasteiger partial charge in [0, 0.05) is 16.4 Å². The van der Waals surface area contributed by atoms with Crippen LogP contribution in [0.4, 0.5) is 11.4 Å². The van der Waals surface area contributed by atoms with Crippen molar-refractivity contribution in [2.45, 2.75) is 6.92 Å². The summed E-state index contributed by atoms with van der Waals surface area (Å²) in [6.45, 7) is 2.06. The van der Waals surface area contributed by atoms with Gasteiger partial charge in [-0.3, -0.25) is 0 Å². The molecule has 0 aliphatic rings. The van der Waals surface area contributed by atoms with Gasteiger partial charge in [0.2, 0.25) is 0 Å². The van der Waals surface area contributed by atoms with E-state index in [0.717, 1.165) is 16.5 Å². The molecule has 0 atom stereocenters. The number of aryl methyl sites for hydroxylation is 1. The van der Waals surface area contributed by atoms with Gasteiger partial charge >= 0.3 is 0 Å². The third kappa shape index (κ3) is 4.16. The quantitative estimate of drug-likeness (QED) is 0.800. The van der Waals surface area contributed by atoms with Gasteiger partial charge in [0.25, 0.3) is 0 Å². The summed E-state index contributed by atoms with van der Waals surface area (Å²) in [6.07, 6.45) is 0. The van der Waals surface area contributed by atoms with E-state index in [1.807, 2.05) is 36.4 Å². The largest absolute Gasteiger partial charge is 0.333 e. The fourth-order valence-electron chi connectivity index (χ4n) is 1.65. The fraction of sp³-hybridized carbons (Fsp3) is 0.0667. The Hall–Kier alpha value is -1.71. The molecule has 2 rings (SSSR count). The Kier molecular flexibility index (Phi) is 4.66. The van der Waals surface area contributed by atoms with Gasteiger partial charge in [0.15, 0.2) is 5.11 Å². The maximum absolute atomic E-state index is 5.96. The molecule has 4 heteroatoms. The molecule has 0 spiro atoms. The smallest absolute Gasteiger partial charge is 0.164 e. The number of anilines is 2. The van der Waals surface area contributed by atoms with E-state index in [1.54, 1.807) is 0 Å². The van der Waals surface area contributed by atoms with Crippen LogP contribution in [0.3, 0.4) is 0 Å². The third-order valence-electron chi connectivity index (χ3n) is 2.50. The van der Waals surface area contributed by atoms with E-state index in [-0.39, 0.29) is 0 Å². The lowest BCUT2D eigenvalue weighted by atomic mass is 10.2. The van der Waals surface area contributed by atoms with Gasteiger partial charge < -0.3 is 10.6 Å². The molecule has 0 aliphatic carbocycles. The average Bonchev–Trinajstić information content (AvgIpc) is 2.38. The van der Waals surface area contributed by atoms with E-state index in [9.17, 15) is 0 Å². The Morgan fingerprint density at radius 3 is 2.26 bits per heavy atom. The van der Waals surface area contributed by atoms with Crippen molar-refractivity contribution in [1.82, 2.24) is 0 Å². The molecule has 0 radical (unpaired) electrons. The average molecular weight is 291 g/mol. The van der Waals surface area contributed by atoms with Crippen molar-refractivity contribution in [1.29, 1.82) is 0 Å². The second kappa shape index (κ2) is 6.45. The van der Waals surface area contributed by atoms with Crippen molar-refractivity contribution in [3.8, 4) is 0 Å². The SMILES string of the molecule is C=S=C(Nc1cccc(C)c1)Nc1cccc(Cl)c1. The van der Waals surface area contributed by atoms with Gasteiger partial charge in [0.1, 0.15) is 0 Å². The fourth-order valence-corrected chi connectivity index (χ4v) is 2.22. The summed E-state index contributed by atoms with van der Waals surface area (Å²) in [5.41, 5.74) is 3.17. The summed E-state index contributed by atoms with van der Waals surface area (Å²) in [4.78, 5) is 0. The predicted molar refractivity (Wildman–Crippen MR) is 89.6 cm³/mol. The van der Waals surface area contributed by atoms with Crippen LogP contribution in [-0.2, 0) is 0 Å². The number of benzene rings is 2. The van der Waals surface area contributed by atoms with Crippen molar-refractivity contribution in [3.05, 3.63) is 59.1 Å². The Labute approximate surface area is 122 Å². The summed E-state index contributed by atoms with van der Waals surface area (Å²) in [6, 6.07) is 15.8. The minimum atomic E-state index is 0.703. The molecule has 19 heavy (non-hydrogen) atoms. The van der Waals surface area contributed by atoms with Crippen LogP contribution >= 0.6 is 22.5 Å². The third-order valence-corrected chi connectivity index (χ3v) is 3.23. The first-order valence-corrected chi connectivity index (χ1v) is 7.19. The van der Waals surface area contributed by atoms with Crippen LogP contribution in [0, 0.1) is 6.92 Å². The maximum Gasteiger partial charge on any atom is 0.164 e. The van der Waals surface area contributed by atoms with E-state index in [1.165, 1.54) is 16.5 Å². The summed E-state index contributed by atoms with van der Waals surface area (Å²) < 4.78 is 0. The van der Waals surface area contributed by atoms with Crippen LogP contribution in [-0.4, -0.2) is 11.0 Å². The molecule has 0 heterocycles. The zero-order valence-electron chi connectivity index (χ0n) is 10.6. The Morgan fingerprint density at radius 1 is 1.05 bits per heavy atom. The Balaban J connectivity index is 2.12. The molecule has 0 amide bonds.